The number of carbonyl (C=O) groups is 1. The zero-order valence-electron chi connectivity index (χ0n) is 8.15. The Labute approximate surface area is 87.5 Å². The molecule has 0 spiro atoms. The molecule has 0 saturated carbocycles. The molecule has 0 aliphatic carbocycles. The van der Waals surface area contributed by atoms with Crippen molar-refractivity contribution in [1.29, 1.82) is 5.26 Å². The Balaban J connectivity index is 2.81. The van der Waals surface area contributed by atoms with E-state index in [0.717, 1.165) is 0 Å². The molecule has 0 aliphatic rings. The van der Waals surface area contributed by atoms with E-state index in [4.69, 9.17) is 5.26 Å². The average molecular weight is 200 g/mol. The highest BCUT2D eigenvalue weighted by molar-refractivity contribution is 5.72. The molecule has 1 rings (SSSR count). The van der Waals surface area contributed by atoms with Gasteiger partial charge in [0.15, 0.2) is 0 Å². The first-order valence-electron chi connectivity index (χ1n) is 4.18. The molecule has 0 saturated heterocycles. The minimum absolute atomic E-state index is 0.00204. The van der Waals surface area contributed by atoms with Crippen LogP contribution in [0.25, 0.3) is 0 Å². The van der Waals surface area contributed by atoms with E-state index in [0.29, 0.717) is 11.3 Å². The molecule has 0 fully saturated rings. The van der Waals surface area contributed by atoms with Crippen LogP contribution in [0, 0.1) is 23.2 Å². The van der Waals surface area contributed by atoms with Crippen LogP contribution in [-0.2, 0) is 9.53 Å². The molecule has 0 unspecified atom stereocenters. The van der Waals surface area contributed by atoms with Crippen LogP contribution in [0.4, 0.5) is 0 Å². The molecule has 0 aromatic carbocycles. The van der Waals surface area contributed by atoms with Gasteiger partial charge >= 0.3 is 5.97 Å². The number of methoxy groups -OCH3 is 1. The molecular formula is C11H8N2O2. The Hall–Kier alpha value is -2.33. The second kappa shape index (κ2) is 5.41. The monoisotopic (exact) mass is 200 g/mol. The van der Waals surface area contributed by atoms with E-state index in [9.17, 15) is 4.79 Å². The highest BCUT2D eigenvalue weighted by Crippen LogP contribution is 2.00. The molecule has 0 aliphatic heterocycles. The average Bonchev–Trinajstić information content (AvgIpc) is 2.29. The third kappa shape index (κ3) is 3.13. The number of hydrogen-bond donors (Lipinski definition) is 0. The van der Waals surface area contributed by atoms with Crippen LogP contribution in [0.2, 0.25) is 0 Å². The highest BCUT2D eigenvalue weighted by Gasteiger charge is 1.98. The fourth-order valence-corrected chi connectivity index (χ4v) is 0.867. The third-order valence-electron chi connectivity index (χ3n) is 1.60. The quantitative estimate of drug-likeness (QED) is 0.498. The van der Waals surface area contributed by atoms with Crippen molar-refractivity contribution >= 4 is 5.97 Å². The fraction of sp³-hybridized carbons (Fsp3) is 0.182. The van der Waals surface area contributed by atoms with Crippen molar-refractivity contribution in [1.82, 2.24) is 4.98 Å². The summed E-state index contributed by atoms with van der Waals surface area (Å²) in [5.74, 6) is 4.83. The zero-order valence-corrected chi connectivity index (χ0v) is 8.15. The van der Waals surface area contributed by atoms with E-state index in [1.807, 2.05) is 6.07 Å². The van der Waals surface area contributed by atoms with E-state index in [-0.39, 0.29) is 6.42 Å². The normalized spacial score (nSPS) is 8.27. The first-order valence-corrected chi connectivity index (χ1v) is 4.18. The van der Waals surface area contributed by atoms with E-state index in [1.54, 1.807) is 18.3 Å². The maximum Gasteiger partial charge on any atom is 0.317 e. The van der Waals surface area contributed by atoms with Crippen molar-refractivity contribution in [3.8, 4) is 17.9 Å². The Morgan fingerprint density at radius 2 is 2.47 bits per heavy atom. The van der Waals surface area contributed by atoms with Crippen molar-refractivity contribution in [2.45, 2.75) is 6.42 Å². The van der Waals surface area contributed by atoms with Gasteiger partial charge in [0.05, 0.1) is 12.7 Å². The van der Waals surface area contributed by atoms with Gasteiger partial charge in [-0.25, -0.2) is 4.98 Å². The fourth-order valence-electron chi connectivity index (χ4n) is 0.867. The Morgan fingerprint density at radius 3 is 3.13 bits per heavy atom. The second-order valence-electron chi connectivity index (χ2n) is 2.57. The summed E-state index contributed by atoms with van der Waals surface area (Å²) in [6, 6.07) is 5.24. The predicted octanol–water partition coefficient (Wildman–Crippen LogP) is 0.868. The molecular weight excluding hydrogens is 192 g/mol. The van der Waals surface area contributed by atoms with Crippen LogP contribution in [0.1, 0.15) is 17.7 Å². The lowest BCUT2D eigenvalue weighted by Gasteiger charge is -1.92. The van der Waals surface area contributed by atoms with Gasteiger partial charge in [-0.05, 0) is 18.1 Å². The molecule has 0 bridgehead atoms. The lowest BCUT2D eigenvalue weighted by molar-refractivity contribution is -0.139. The summed E-state index contributed by atoms with van der Waals surface area (Å²) in [6.07, 6.45) is 1.54. The van der Waals surface area contributed by atoms with Gasteiger partial charge in [-0.2, -0.15) is 5.26 Å². The van der Waals surface area contributed by atoms with Gasteiger partial charge in [0.25, 0.3) is 0 Å². The molecule has 4 nitrogen and oxygen atoms in total. The van der Waals surface area contributed by atoms with Crippen LogP contribution in [-0.4, -0.2) is 18.1 Å². The van der Waals surface area contributed by atoms with E-state index < -0.39 is 5.97 Å². The number of rotatable bonds is 1. The van der Waals surface area contributed by atoms with E-state index in [1.165, 1.54) is 7.11 Å². The summed E-state index contributed by atoms with van der Waals surface area (Å²) in [4.78, 5) is 14.7. The predicted molar refractivity (Wildman–Crippen MR) is 52.5 cm³/mol. The highest BCUT2D eigenvalue weighted by atomic mass is 16.5. The number of ether oxygens (including phenoxy) is 1. The summed E-state index contributed by atoms with van der Waals surface area (Å²) in [5.41, 5.74) is 0.777. The summed E-state index contributed by atoms with van der Waals surface area (Å²) in [7, 11) is 1.30. The standard InChI is InChI=1S/C11H8N2O2/c1-15-11(14)6-2-5-10-9(8-12)4-3-7-13-10/h3-4,7H,6H2,1H3. The van der Waals surface area contributed by atoms with Crippen molar-refractivity contribution in [2.75, 3.05) is 7.11 Å². The number of hydrogen-bond acceptors (Lipinski definition) is 4. The lowest BCUT2D eigenvalue weighted by atomic mass is 10.2. The van der Waals surface area contributed by atoms with Crippen LogP contribution in [0.5, 0.6) is 0 Å². The van der Waals surface area contributed by atoms with E-state index >= 15 is 0 Å². The molecule has 15 heavy (non-hydrogen) atoms. The maximum atomic E-state index is 10.7. The molecule has 1 aromatic heterocycles. The molecule has 4 heteroatoms. The topological polar surface area (TPSA) is 63.0 Å². The van der Waals surface area contributed by atoms with Crippen molar-refractivity contribution < 1.29 is 9.53 Å². The number of pyridine rings is 1. The van der Waals surface area contributed by atoms with Crippen molar-refractivity contribution in [2.24, 2.45) is 0 Å². The summed E-state index contributed by atoms with van der Waals surface area (Å²) in [6.45, 7) is 0. The molecule has 0 N–H and O–H groups in total. The molecule has 1 heterocycles. The van der Waals surface area contributed by atoms with Crippen LogP contribution in [0.15, 0.2) is 18.3 Å². The summed E-state index contributed by atoms with van der Waals surface area (Å²) >= 11 is 0. The molecule has 0 radical (unpaired) electrons. The zero-order chi connectivity index (χ0) is 11.1. The van der Waals surface area contributed by atoms with Gasteiger partial charge in [-0.3, -0.25) is 4.79 Å². The number of carbonyl (C=O) groups excluding carboxylic acids is 1. The van der Waals surface area contributed by atoms with Crippen LogP contribution >= 0.6 is 0 Å². The minimum atomic E-state index is -0.406. The number of esters is 1. The molecule has 0 amide bonds. The Kier molecular flexibility index (Phi) is 3.88. The van der Waals surface area contributed by atoms with Gasteiger partial charge in [0.1, 0.15) is 18.2 Å². The Bertz CT molecular complexity index is 463. The lowest BCUT2D eigenvalue weighted by Crippen LogP contribution is -1.97. The van der Waals surface area contributed by atoms with Crippen molar-refractivity contribution in [3.63, 3.8) is 0 Å². The SMILES string of the molecule is COC(=O)CC#Cc1ncccc1C#N. The Morgan fingerprint density at radius 1 is 1.67 bits per heavy atom. The van der Waals surface area contributed by atoms with Gasteiger partial charge in [0.2, 0.25) is 0 Å². The van der Waals surface area contributed by atoms with Gasteiger partial charge in [0, 0.05) is 6.20 Å². The third-order valence-corrected chi connectivity index (χ3v) is 1.60. The van der Waals surface area contributed by atoms with Gasteiger partial charge in [-0.15, -0.1) is 0 Å². The largest absolute Gasteiger partial charge is 0.468 e. The number of nitrogens with zero attached hydrogens (tertiary/aromatic N) is 2. The number of aromatic nitrogens is 1. The van der Waals surface area contributed by atoms with Gasteiger partial charge in [-0.1, -0.05) is 5.92 Å². The maximum absolute atomic E-state index is 10.7. The smallest absolute Gasteiger partial charge is 0.317 e. The van der Waals surface area contributed by atoms with Crippen LogP contribution in [0.3, 0.4) is 0 Å². The molecule has 74 valence electrons. The van der Waals surface area contributed by atoms with Crippen LogP contribution < -0.4 is 0 Å². The van der Waals surface area contributed by atoms with Crippen molar-refractivity contribution in [3.05, 3.63) is 29.6 Å². The summed E-state index contributed by atoms with van der Waals surface area (Å²) in [5, 5.41) is 8.72. The van der Waals surface area contributed by atoms with Gasteiger partial charge < -0.3 is 4.74 Å². The second-order valence-corrected chi connectivity index (χ2v) is 2.57. The van der Waals surface area contributed by atoms with E-state index in [2.05, 4.69) is 21.6 Å². The minimum Gasteiger partial charge on any atom is -0.468 e. The first kappa shape index (κ1) is 10.7. The molecule has 1 aromatic rings. The first-order chi connectivity index (χ1) is 7.27. The molecule has 0 atom stereocenters. The summed E-state index contributed by atoms with van der Waals surface area (Å²) < 4.78 is 4.42. The number of nitriles is 1.